The number of carbonyl (C=O) groups excluding carboxylic acids is 2. The maximum atomic E-state index is 13.2. The highest BCUT2D eigenvalue weighted by molar-refractivity contribution is 6.11. The lowest BCUT2D eigenvalue weighted by molar-refractivity contribution is -0.118. The highest BCUT2D eigenvalue weighted by atomic mass is 16.5. The summed E-state index contributed by atoms with van der Waals surface area (Å²) >= 11 is 0. The summed E-state index contributed by atoms with van der Waals surface area (Å²) in [6, 6.07) is 14.8. The molecule has 0 unspecified atom stereocenters. The number of nitrogens with zero attached hydrogens (tertiary/aromatic N) is 1. The van der Waals surface area contributed by atoms with Crippen LogP contribution < -0.4 is 10.1 Å². The summed E-state index contributed by atoms with van der Waals surface area (Å²) < 4.78 is 11.5. The molecule has 6 heteroatoms. The Morgan fingerprint density at radius 1 is 1.03 bits per heavy atom. The van der Waals surface area contributed by atoms with Gasteiger partial charge in [0.2, 0.25) is 5.76 Å². The van der Waals surface area contributed by atoms with Gasteiger partial charge >= 0.3 is 0 Å². The number of aryl methyl sites for hydroxylation is 1. The fourth-order valence-electron chi connectivity index (χ4n) is 3.35. The lowest BCUT2D eigenvalue weighted by Gasteiger charge is -2.20. The third-order valence-electron chi connectivity index (χ3n) is 4.69. The van der Waals surface area contributed by atoms with E-state index in [2.05, 4.69) is 5.32 Å². The molecular weight excluding hydrogens is 380 g/mol. The molecule has 3 rings (SSSR count). The van der Waals surface area contributed by atoms with Crippen LogP contribution in [0.5, 0.6) is 5.75 Å². The Morgan fingerprint density at radius 2 is 1.77 bits per heavy atom. The molecule has 0 saturated carbocycles. The fourth-order valence-corrected chi connectivity index (χ4v) is 3.35. The molecule has 30 heavy (non-hydrogen) atoms. The Morgan fingerprint density at radius 3 is 2.47 bits per heavy atom. The molecule has 0 saturated heterocycles. The number of para-hydroxylation sites is 1. The van der Waals surface area contributed by atoms with Crippen molar-refractivity contribution in [3.05, 3.63) is 59.9 Å². The number of amides is 2. The average Bonchev–Trinajstić information content (AvgIpc) is 3.10. The quantitative estimate of drug-likeness (QED) is 0.540. The van der Waals surface area contributed by atoms with Crippen LogP contribution in [0.25, 0.3) is 11.0 Å². The van der Waals surface area contributed by atoms with Crippen LogP contribution in [-0.4, -0.2) is 36.4 Å². The van der Waals surface area contributed by atoms with Crippen molar-refractivity contribution in [3.63, 3.8) is 0 Å². The summed E-state index contributed by atoms with van der Waals surface area (Å²) in [6.07, 6.45) is 1.69. The van der Waals surface area contributed by atoms with E-state index in [0.29, 0.717) is 35.5 Å². The Balaban J connectivity index is 1.83. The third-order valence-corrected chi connectivity index (χ3v) is 4.69. The van der Waals surface area contributed by atoms with Gasteiger partial charge in [-0.1, -0.05) is 38.1 Å². The van der Waals surface area contributed by atoms with Crippen molar-refractivity contribution in [2.45, 2.75) is 33.6 Å². The van der Waals surface area contributed by atoms with E-state index in [1.165, 1.54) is 0 Å². The summed E-state index contributed by atoms with van der Waals surface area (Å²) in [5, 5.41) is 3.53. The Hall–Kier alpha value is -3.28. The van der Waals surface area contributed by atoms with E-state index >= 15 is 0 Å². The van der Waals surface area contributed by atoms with Gasteiger partial charge in [0.15, 0.2) is 6.61 Å². The minimum atomic E-state index is -0.352. The summed E-state index contributed by atoms with van der Waals surface area (Å²) in [5.74, 6) is 0.206. The van der Waals surface area contributed by atoms with Gasteiger partial charge in [-0.25, -0.2) is 0 Å². The van der Waals surface area contributed by atoms with E-state index in [1.54, 1.807) is 17.0 Å². The third kappa shape index (κ3) is 5.00. The van der Waals surface area contributed by atoms with Gasteiger partial charge in [-0.3, -0.25) is 9.59 Å². The number of nitrogens with one attached hydrogen (secondary N) is 1. The number of carbonyl (C=O) groups is 2. The molecule has 0 aliphatic rings. The number of fused-ring (bicyclic) bond motifs is 1. The van der Waals surface area contributed by atoms with E-state index in [4.69, 9.17) is 9.15 Å². The first-order valence-corrected chi connectivity index (χ1v) is 10.3. The molecule has 0 aliphatic carbocycles. The van der Waals surface area contributed by atoms with Crippen LogP contribution in [-0.2, 0) is 4.79 Å². The van der Waals surface area contributed by atoms with Crippen molar-refractivity contribution in [2.24, 2.45) is 0 Å². The summed E-state index contributed by atoms with van der Waals surface area (Å²) in [5.41, 5.74) is 2.00. The van der Waals surface area contributed by atoms with Crippen LogP contribution in [0.1, 0.15) is 42.8 Å². The molecule has 0 atom stereocenters. The number of hydrogen-bond acceptors (Lipinski definition) is 4. The van der Waals surface area contributed by atoms with Crippen LogP contribution in [0.2, 0.25) is 0 Å². The van der Waals surface area contributed by atoms with Crippen LogP contribution in [0.15, 0.2) is 52.9 Å². The van der Waals surface area contributed by atoms with Gasteiger partial charge in [0.1, 0.15) is 17.0 Å². The Labute approximate surface area is 176 Å². The van der Waals surface area contributed by atoms with E-state index < -0.39 is 0 Å². The second-order valence-corrected chi connectivity index (χ2v) is 7.25. The van der Waals surface area contributed by atoms with Crippen molar-refractivity contribution < 1.29 is 18.7 Å². The van der Waals surface area contributed by atoms with Crippen molar-refractivity contribution in [3.8, 4) is 5.75 Å². The van der Waals surface area contributed by atoms with Crippen LogP contribution in [0.4, 0.5) is 5.69 Å². The minimum absolute atomic E-state index is 0.155. The maximum Gasteiger partial charge on any atom is 0.291 e. The van der Waals surface area contributed by atoms with Gasteiger partial charge in [0.05, 0.1) is 0 Å². The number of hydrogen-bond donors (Lipinski definition) is 1. The van der Waals surface area contributed by atoms with Crippen molar-refractivity contribution in [1.29, 1.82) is 0 Å². The SMILES string of the molecule is CCCN(CCC)C(=O)c1oc2ccccc2c1NC(=O)COc1cccc(C)c1. The molecule has 3 aromatic rings. The standard InChI is InChI=1S/C24H28N2O4/c1-4-13-26(14-5-2)24(28)23-22(19-11-6-7-12-20(19)30-23)25-21(27)16-29-18-10-8-9-17(3)15-18/h6-12,15H,4-5,13-14,16H2,1-3H3,(H,25,27). The molecule has 0 aliphatic heterocycles. The first-order chi connectivity index (χ1) is 14.5. The molecule has 2 aromatic carbocycles. The predicted molar refractivity (Wildman–Crippen MR) is 118 cm³/mol. The van der Waals surface area contributed by atoms with E-state index in [9.17, 15) is 9.59 Å². The largest absolute Gasteiger partial charge is 0.484 e. The van der Waals surface area contributed by atoms with E-state index in [1.807, 2.05) is 57.2 Å². The van der Waals surface area contributed by atoms with Crippen molar-refractivity contribution in [2.75, 3.05) is 25.0 Å². The Kier molecular flexibility index (Phi) is 7.12. The maximum absolute atomic E-state index is 13.2. The minimum Gasteiger partial charge on any atom is -0.484 e. The fraction of sp³-hybridized carbons (Fsp3) is 0.333. The van der Waals surface area contributed by atoms with E-state index in [0.717, 1.165) is 18.4 Å². The van der Waals surface area contributed by atoms with Crippen molar-refractivity contribution >= 4 is 28.5 Å². The van der Waals surface area contributed by atoms with Gasteiger partial charge in [-0.2, -0.15) is 0 Å². The van der Waals surface area contributed by atoms with Gasteiger partial charge in [-0.15, -0.1) is 0 Å². The topological polar surface area (TPSA) is 71.8 Å². The summed E-state index contributed by atoms with van der Waals surface area (Å²) in [4.78, 5) is 27.5. The molecule has 0 bridgehead atoms. The number of rotatable bonds is 9. The van der Waals surface area contributed by atoms with Crippen LogP contribution in [0.3, 0.4) is 0 Å². The molecule has 0 spiro atoms. The van der Waals surface area contributed by atoms with Gasteiger partial charge in [-0.05, 0) is 49.6 Å². The molecule has 0 fully saturated rings. The second kappa shape index (κ2) is 9.96. The molecule has 0 radical (unpaired) electrons. The predicted octanol–water partition coefficient (Wildman–Crippen LogP) is 5.02. The zero-order valence-corrected chi connectivity index (χ0v) is 17.7. The molecular formula is C24H28N2O4. The number of anilines is 1. The number of benzene rings is 2. The first-order valence-electron chi connectivity index (χ1n) is 10.3. The summed E-state index contributed by atoms with van der Waals surface area (Å²) in [6.45, 7) is 7.12. The van der Waals surface area contributed by atoms with Crippen LogP contribution in [0, 0.1) is 6.92 Å². The highest BCUT2D eigenvalue weighted by Crippen LogP contribution is 2.32. The van der Waals surface area contributed by atoms with Gasteiger partial charge in [0, 0.05) is 18.5 Å². The highest BCUT2D eigenvalue weighted by Gasteiger charge is 2.26. The van der Waals surface area contributed by atoms with Gasteiger partial charge < -0.3 is 19.4 Å². The van der Waals surface area contributed by atoms with Gasteiger partial charge in [0.25, 0.3) is 11.8 Å². The first kappa shape index (κ1) is 21.4. The van der Waals surface area contributed by atoms with Crippen molar-refractivity contribution in [1.82, 2.24) is 4.90 Å². The number of ether oxygens (including phenoxy) is 1. The monoisotopic (exact) mass is 408 g/mol. The molecule has 6 nitrogen and oxygen atoms in total. The zero-order valence-electron chi connectivity index (χ0n) is 17.7. The molecule has 158 valence electrons. The second-order valence-electron chi connectivity index (χ2n) is 7.25. The lowest BCUT2D eigenvalue weighted by Crippen LogP contribution is -2.33. The smallest absolute Gasteiger partial charge is 0.291 e. The van der Waals surface area contributed by atoms with Crippen LogP contribution >= 0.6 is 0 Å². The summed E-state index contributed by atoms with van der Waals surface area (Å²) in [7, 11) is 0. The average molecular weight is 408 g/mol. The Bertz CT molecular complexity index is 1020. The number of furan rings is 1. The lowest BCUT2D eigenvalue weighted by atomic mass is 10.2. The molecule has 1 N–H and O–H groups in total. The normalized spacial score (nSPS) is 10.8. The molecule has 1 aromatic heterocycles. The zero-order chi connectivity index (χ0) is 21.5. The molecule has 2 amide bonds. The van der Waals surface area contributed by atoms with E-state index in [-0.39, 0.29) is 24.2 Å². The molecule has 1 heterocycles.